The second-order valence-electron chi connectivity index (χ2n) is 4.03. The van der Waals surface area contributed by atoms with E-state index >= 15 is 0 Å². The first-order valence-corrected chi connectivity index (χ1v) is 6.20. The van der Waals surface area contributed by atoms with Gasteiger partial charge in [-0.25, -0.2) is 4.79 Å². The largest absolute Gasteiger partial charge is 0.478 e. The van der Waals surface area contributed by atoms with Crippen molar-refractivity contribution in [2.75, 3.05) is 11.9 Å². The van der Waals surface area contributed by atoms with Gasteiger partial charge in [0.2, 0.25) is 0 Å². The molecule has 0 fully saturated rings. The highest BCUT2D eigenvalue weighted by Gasteiger charge is 2.09. The molecule has 0 unspecified atom stereocenters. The van der Waals surface area contributed by atoms with Crippen molar-refractivity contribution in [2.45, 2.75) is 6.42 Å². The molecule has 2 N–H and O–H groups in total. The maximum absolute atomic E-state index is 11.1. The van der Waals surface area contributed by atoms with Gasteiger partial charge in [-0.3, -0.25) is 4.98 Å². The van der Waals surface area contributed by atoms with Crippen molar-refractivity contribution in [1.82, 2.24) is 4.98 Å². The van der Waals surface area contributed by atoms with Crippen LogP contribution in [0.5, 0.6) is 0 Å². The zero-order valence-electron chi connectivity index (χ0n) is 10.1. The summed E-state index contributed by atoms with van der Waals surface area (Å²) in [5.41, 5.74) is 1.90. The molecule has 2 aromatic rings. The summed E-state index contributed by atoms with van der Waals surface area (Å²) in [6.07, 6.45) is 4.25. The molecular formula is C14H13ClN2O2. The molecule has 5 heteroatoms. The first-order valence-electron chi connectivity index (χ1n) is 5.82. The molecule has 0 spiro atoms. The molecule has 0 amide bonds. The van der Waals surface area contributed by atoms with Crippen LogP contribution in [0.1, 0.15) is 15.9 Å². The Kier molecular flexibility index (Phi) is 4.36. The highest BCUT2D eigenvalue weighted by atomic mass is 35.5. The van der Waals surface area contributed by atoms with E-state index < -0.39 is 5.97 Å². The minimum absolute atomic E-state index is 0.221. The van der Waals surface area contributed by atoms with Crippen molar-refractivity contribution in [3.8, 4) is 0 Å². The molecule has 0 aliphatic heterocycles. The number of benzene rings is 1. The van der Waals surface area contributed by atoms with Crippen molar-refractivity contribution in [2.24, 2.45) is 0 Å². The summed E-state index contributed by atoms with van der Waals surface area (Å²) in [6, 6.07) is 8.55. The summed E-state index contributed by atoms with van der Waals surface area (Å²) in [5, 5.41) is 12.7. The first-order chi connectivity index (χ1) is 9.16. The lowest BCUT2D eigenvalue weighted by Gasteiger charge is -2.10. The third-order valence-corrected chi connectivity index (χ3v) is 2.93. The number of hydrogen-bond donors (Lipinski definition) is 2. The van der Waals surface area contributed by atoms with Gasteiger partial charge in [0.1, 0.15) is 0 Å². The van der Waals surface area contributed by atoms with Gasteiger partial charge in [-0.1, -0.05) is 11.6 Å². The number of nitrogens with one attached hydrogen (secondary N) is 1. The molecule has 98 valence electrons. The summed E-state index contributed by atoms with van der Waals surface area (Å²) in [4.78, 5) is 15.0. The Morgan fingerprint density at radius 3 is 2.68 bits per heavy atom. The summed E-state index contributed by atoms with van der Waals surface area (Å²) >= 11 is 5.88. The predicted molar refractivity (Wildman–Crippen MR) is 74.8 cm³/mol. The first kappa shape index (κ1) is 13.4. The Hall–Kier alpha value is -2.07. The van der Waals surface area contributed by atoms with Crippen LogP contribution >= 0.6 is 11.6 Å². The van der Waals surface area contributed by atoms with E-state index in [0.29, 0.717) is 17.3 Å². The second-order valence-corrected chi connectivity index (χ2v) is 4.46. The summed E-state index contributed by atoms with van der Waals surface area (Å²) < 4.78 is 0. The number of carbonyl (C=O) groups is 1. The number of aromatic nitrogens is 1. The standard InChI is InChI=1S/C14H13ClN2O2/c15-11-1-2-12(14(18)19)13(9-11)17-8-5-10-3-6-16-7-4-10/h1-4,6-7,9,17H,5,8H2,(H,18,19). The average molecular weight is 277 g/mol. The van der Waals surface area contributed by atoms with Crippen LogP contribution in [0.4, 0.5) is 5.69 Å². The van der Waals surface area contributed by atoms with Gasteiger partial charge in [0.25, 0.3) is 0 Å². The molecule has 1 aromatic heterocycles. The lowest BCUT2D eigenvalue weighted by atomic mass is 10.1. The molecule has 1 aromatic carbocycles. The summed E-state index contributed by atoms with van der Waals surface area (Å²) in [6.45, 7) is 0.630. The van der Waals surface area contributed by atoms with E-state index in [-0.39, 0.29) is 5.56 Å². The number of nitrogens with zero attached hydrogens (tertiary/aromatic N) is 1. The fourth-order valence-corrected chi connectivity index (χ4v) is 1.91. The lowest BCUT2D eigenvalue weighted by molar-refractivity contribution is 0.0698. The third-order valence-electron chi connectivity index (χ3n) is 2.69. The van der Waals surface area contributed by atoms with Gasteiger partial charge in [0.05, 0.1) is 11.3 Å². The van der Waals surface area contributed by atoms with E-state index in [0.717, 1.165) is 12.0 Å². The van der Waals surface area contributed by atoms with E-state index in [1.807, 2.05) is 12.1 Å². The van der Waals surface area contributed by atoms with Crippen LogP contribution in [-0.4, -0.2) is 22.6 Å². The van der Waals surface area contributed by atoms with E-state index in [1.165, 1.54) is 6.07 Å². The van der Waals surface area contributed by atoms with E-state index in [9.17, 15) is 4.79 Å². The number of pyridine rings is 1. The van der Waals surface area contributed by atoms with Crippen molar-refractivity contribution in [1.29, 1.82) is 0 Å². The lowest BCUT2D eigenvalue weighted by Crippen LogP contribution is -2.09. The maximum Gasteiger partial charge on any atom is 0.337 e. The Labute approximate surface area is 116 Å². The van der Waals surface area contributed by atoms with Crippen molar-refractivity contribution >= 4 is 23.3 Å². The van der Waals surface area contributed by atoms with Gasteiger partial charge in [-0.15, -0.1) is 0 Å². The van der Waals surface area contributed by atoms with Gasteiger partial charge < -0.3 is 10.4 Å². The Bertz CT molecular complexity index is 573. The minimum atomic E-state index is -0.969. The average Bonchev–Trinajstić information content (AvgIpc) is 2.39. The third kappa shape index (κ3) is 3.69. The van der Waals surface area contributed by atoms with Crippen LogP contribution in [0.3, 0.4) is 0 Å². The van der Waals surface area contributed by atoms with Crippen molar-refractivity contribution in [3.05, 3.63) is 58.9 Å². The van der Waals surface area contributed by atoms with Crippen molar-refractivity contribution < 1.29 is 9.90 Å². The molecule has 1 heterocycles. The van der Waals surface area contributed by atoms with Crippen LogP contribution in [0.2, 0.25) is 5.02 Å². The van der Waals surface area contributed by atoms with E-state index in [1.54, 1.807) is 24.5 Å². The van der Waals surface area contributed by atoms with Gasteiger partial charge in [0.15, 0.2) is 0 Å². The quantitative estimate of drug-likeness (QED) is 0.881. The Morgan fingerprint density at radius 1 is 1.26 bits per heavy atom. The Balaban J connectivity index is 2.03. The zero-order chi connectivity index (χ0) is 13.7. The molecular weight excluding hydrogens is 264 g/mol. The van der Waals surface area contributed by atoms with Gasteiger partial charge in [-0.2, -0.15) is 0 Å². The molecule has 0 aliphatic carbocycles. The maximum atomic E-state index is 11.1. The molecule has 0 aliphatic rings. The molecule has 0 saturated heterocycles. The number of carboxylic acids is 1. The number of hydrogen-bond acceptors (Lipinski definition) is 3. The zero-order valence-corrected chi connectivity index (χ0v) is 10.9. The van der Waals surface area contributed by atoms with Crippen molar-refractivity contribution in [3.63, 3.8) is 0 Å². The second kappa shape index (κ2) is 6.20. The highest BCUT2D eigenvalue weighted by molar-refractivity contribution is 6.31. The molecule has 0 bridgehead atoms. The van der Waals surface area contributed by atoms with Gasteiger partial charge >= 0.3 is 5.97 Å². The monoisotopic (exact) mass is 276 g/mol. The highest BCUT2D eigenvalue weighted by Crippen LogP contribution is 2.21. The van der Waals surface area contributed by atoms with Gasteiger partial charge in [0, 0.05) is 24.0 Å². The van der Waals surface area contributed by atoms with Crippen LogP contribution in [0.15, 0.2) is 42.7 Å². The number of rotatable bonds is 5. The number of aromatic carboxylic acids is 1. The molecule has 2 rings (SSSR count). The molecule has 4 nitrogen and oxygen atoms in total. The fourth-order valence-electron chi connectivity index (χ4n) is 1.74. The van der Waals surface area contributed by atoms with Crippen LogP contribution < -0.4 is 5.32 Å². The smallest absolute Gasteiger partial charge is 0.337 e. The van der Waals surface area contributed by atoms with Crippen LogP contribution in [0, 0.1) is 0 Å². The number of halogens is 1. The fraction of sp³-hybridized carbons (Fsp3) is 0.143. The Morgan fingerprint density at radius 2 is 2.00 bits per heavy atom. The minimum Gasteiger partial charge on any atom is -0.478 e. The number of carboxylic acid groups (broad SMARTS) is 1. The van der Waals surface area contributed by atoms with Crippen LogP contribution in [-0.2, 0) is 6.42 Å². The van der Waals surface area contributed by atoms with E-state index in [2.05, 4.69) is 10.3 Å². The number of anilines is 1. The molecule has 0 saturated carbocycles. The molecule has 19 heavy (non-hydrogen) atoms. The van der Waals surface area contributed by atoms with Gasteiger partial charge in [-0.05, 0) is 42.3 Å². The SMILES string of the molecule is O=C(O)c1ccc(Cl)cc1NCCc1ccncc1. The summed E-state index contributed by atoms with van der Waals surface area (Å²) in [5.74, 6) is -0.969. The topological polar surface area (TPSA) is 62.2 Å². The molecule has 0 radical (unpaired) electrons. The predicted octanol–water partition coefficient (Wildman–Crippen LogP) is 3.09. The molecule has 0 atom stereocenters. The van der Waals surface area contributed by atoms with E-state index in [4.69, 9.17) is 16.7 Å². The normalized spacial score (nSPS) is 10.2. The van der Waals surface area contributed by atoms with Crippen LogP contribution in [0.25, 0.3) is 0 Å². The summed E-state index contributed by atoms with van der Waals surface area (Å²) in [7, 11) is 0.